The van der Waals surface area contributed by atoms with E-state index in [2.05, 4.69) is 0 Å². The molecule has 0 atom stereocenters. The van der Waals surface area contributed by atoms with Gasteiger partial charge in [0.05, 0.1) is 12.0 Å². The van der Waals surface area contributed by atoms with Gasteiger partial charge < -0.3 is 9.84 Å². The van der Waals surface area contributed by atoms with Crippen LogP contribution in [-0.2, 0) is 0 Å². The number of para-hydroxylation sites is 1. The molecule has 1 aromatic heterocycles. The van der Waals surface area contributed by atoms with E-state index in [0.717, 1.165) is 16.2 Å². The lowest BCUT2D eigenvalue weighted by Crippen LogP contribution is -1.97. The van der Waals surface area contributed by atoms with Crippen molar-refractivity contribution in [1.29, 1.82) is 0 Å². The van der Waals surface area contributed by atoms with Gasteiger partial charge in [0.15, 0.2) is 0 Å². The van der Waals surface area contributed by atoms with Crippen LogP contribution >= 0.6 is 11.3 Å². The number of benzene rings is 2. The van der Waals surface area contributed by atoms with Gasteiger partial charge in [0.2, 0.25) is 5.78 Å². The van der Waals surface area contributed by atoms with E-state index in [1.165, 1.54) is 17.4 Å². The molecule has 0 amide bonds. The Labute approximate surface area is 132 Å². The van der Waals surface area contributed by atoms with Crippen LogP contribution in [-0.4, -0.2) is 18.0 Å². The highest BCUT2D eigenvalue weighted by molar-refractivity contribution is 7.17. The lowest BCUT2D eigenvalue weighted by molar-refractivity contribution is 0.104. The minimum Gasteiger partial charge on any atom is -0.508 e. The Hall–Kier alpha value is -2.59. The van der Waals surface area contributed by atoms with Crippen molar-refractivity contribution >= 4 is 17.1 Å². The second-order valence-corrected chi connectivity index (χ2v) is 5.83. The third-order valence-corrected chi connectivity index (χ3v) is 4.43. The molecule has 2 aromatic carbocycles. The molecule has 0 aliphatic rings. The van der Waals surface area contributed by atoms with E-state index in [1.54, 1.807) is 31.4 Å². The van der Waals surface area contributed by atoms with Gasteiger partial charge in [-0.2, -0.15) is 0 Å². The molecule has 1 N–H and O–H groups in total. The molecule has 0 fully saturated rings. The van der Waals surface area contributed by atoms with Crippen molar-refractivity contribution in [2.45, 2.75) is 0 Å². The van der Waals surface area contributed by atoms with Crippen LogP contribution in [0.2, 0.25) is 0 Å². The molecule has 110 valence electrons. The molecule has 1 heterocycles. The van der Waals surface area contributed by atoms with Crippen molar-refractivity contribution in [3.05, 3.63) is 71.1 Å². The van der Waals surface area contributed by atoms with E-state index in [9.17, 15) is 9.90 Å². The van der Waals surface area contributed by atoms with Gasteiger partial charge in [-0.1, -0.05) is 24.3 Å². The molecule has 0 saturated carbocycles. The number of rotatable bonds is 4. The fourth-order valence-electron chi connectivity index (χ4n) is 2.24. The summed E-state index contributed by atoms with van der Waals surface area (Å²) in [4.78, 5) is 14.1. The summed E-state index contributed by atoms with van der Waals surface area (Å²) in [6.45, 7) is 0. The number of aromatic hydroxyl groups is 1. The molecular weight excluding hydrogens is 296 g/mol. The first-order chi connectivity index (χ1) is 10.7. The van der Waals surface area contributed by atoms with E-state index >= 15 is 0 Å². The predicted molar refractivity (Wildman–Crippen MR) is 87.8 cm³/mol. The van der Waals surface area contributed by atoms with Crippen LogP contribution in [0, 0.1) is 0 Å². The maximum absolute atomic E-state index is 12.5. The van der Waals surface area contributed by atoms with Gasteiger partial charge in [-0.15, -0.1) is 11.3 Å². The predicted octanol–water partition coefficient (Wildman–Crippen LogP) is 4.36. The van der Waals surface area contributed by atoms with Gasteiger partial charge in [0.25, 0.3) is 0 Å². The number of ketones is 1. The highest BCUT2D eigenvalue weighted by atomic mass is 32.1. The van der Waals surface area contributed by atoms with Crippen LogP contribution in [0.3, 0.4) is 0 Å². The van der Waals surface area contributed by atoms with E-state index in [1.807, 2.05) is 30.3 Å². The summed E-state index contributed by atoms with van der Waals surface area (Å²) in [7, 11) is 1.63. The zero-order chi connectivity index (χ0) is 15.5. The lowest BCUT2D eigenvalue weighted by Gasteiger charge is -2.05. The molecule has 0 aliphatic heterocycles. The van der Waals surface area contributed by atoms with Crippen LogP contribution in [0.25, 0.3) is 10.4 Å². The summed E-state index contributed by atoms with van der Waals surface area (Å²) in [6.07, 6.45) is 0. The van der Waals surface area contributed by atoms with E-state index in [0.29, 0.717) is 10.4 Å². The van der Waals surface area contributed by atoms with Crippen LogP contribution < -0.4 is 4.74 Å². The first kappa shape index (κ1) is 14.4. The molecule has 0 unspecified atom stereocenters. The Morgan fingerprint density at radius 2 is 1.86 bits per heavy atom. The van der Waals surface area contributed by atoms with Crippen molar-refractivity contribution in [2.24, 2.45) is 0 Å². The van der Waals surface area contributed by atoms with E-state index < -0.39 is 0 Å². The van der Waals surface area contributed by atoms with E-state index in [4.69, 9.17) is 4.74 Å². The SMILES string of the molecule is COc1ccccc1-c1ccc(C(=O)c2cccc(O)c2)s1. The Morgan fingerprint density at radius 1 is 1.05 bits per heavy atom. The zero-order valence-corrected chi connectivity index (χ0v) is 12.8. The maximum Gasteiger partial charge on any atom is 0.203 e. The van der Waals surface area contributed by atoms with Crippen molar-refractivity contribution in [3.63, 3.8) is 0 Å². The summed E-state index contributed by atoms with van der Waals surface area (Å²) in [6, 6.07) is 17.8. The first-order valence-corrected chi connectivity index (χ1v) is 7.57. The highest BCUT2D eigenvalue weighted by Crippen LogP contribution is 2.35. The number of carbonyl (C=O) groups is 1. The van der Waals surface area contributed by atoms with Crippen LogP contribution in [0.15, 0.2) is 60.7 Å². The fourth-order valence-corrected chi connectivity index (χ4v) is 3.24. The van der Waals surface area contributed by atoms with Gasteiger partial charge in [0, 0.05) is 16.0 Å². The number of phenols is 1. The maximum atomic E-state index is 12.5. The second kappa shape index (κ2) is 6.03. The molecule has 0 aliphatic carbocycles. The molecule has 3 nitrogen and oxygen atoms in total. The van der Waals surface area contributed by atoms with Gasteiger partial charge in [-0.3, -0.25) is 4.79 Å². The summed E-state index contributed by atoms with van der Waals surface area (Å²) >= 11 is 1.41. The summed E-state index contributed by atoms with van der Waals surface area (Å²) in [5.41, 5.74) is 1.44. The average Bonchev–Trinajstić information content (AvgIpc) is 3.04. The normalized spacial score (nSPS) is 10.4. The Bertz CT molecular complexity index is 820. The molecule has 0 saturated heterocycles. The number of hydrogen-bond donors (Lipinski definition) is 1. The minimum atomic E-state index is -0.0953. The number of phenolic OH excluding ortho intramolecular Hbond substituents is 1. The van der Waals surface area contributed by atoms with Gasteiger partial charge in [-0.05, 0) is 36.4 Å². The van der Waals surface area contributed by atoms with E-state index in [-0.39, 0.29) is 11.5 Å². The third-order valence-electron chi connectivity index (χ3n) is 3.31. The van der Waals surface area contributed by atoms with Gasteiger partial charge in [0.1, 0.15) is 11.5 Å². The monoisotopic (exact) mass is 310 g/mol. The molecule has 4 heteroatoms. The first-order valence-electron chi connectivity index (χ1n) is 6.76. The molecule has 0 spiro atoms. The van der Waals surface area contributed by atoms with Gasteiger partial charge in [-0.25, -0.2) is 0 Å². The molecule has 0 bridgehead atoms. The minimum absolute atomic E-state index is 0.0901. The van der Waals surface area contributed by atoms with Crippen molar-refractivity contribution < 1.29 is 14.6 Å². The number of hydrogen-bond acceptors (Lipinski definition) is 4. The smallest absolute Gasteiger partial charge is 0.203 e. The van der Waals surface area contributed by atoms with Crippen molar-refractivity contribution in [3.8, 4) is 21.9 Å². The average molecular weight is 310 g/mol. The summed E-state index contributed by atoms with van der Waals surface area (Å²) in [5, 5.41) is 9.50. The number of carbonyl (C=O) groups excluding carboxylic acids is 1. The lowest BCUT2D eigenvalue weighted by atomic mass is 10.1. The number of thiophene rings is 1. The third kappa shape index (κ3) is 2.73. The largest absolute Gasteiger partial charge is 0.508 e. The Balaban J connectivity index is 1.95. The van der Waals surface area contributed by atoms with Crippen LogP contribution in [0.4, 0.5) is 0 Å². The molecule has 22 heavy (non-hydrogen) atoms. The standard InChI is InChI=1S/C18H14O3S/c1-21-15-8-3-2-7-14(15)16-9-10-17(22-16)18(20)12-5-4-6-13(19)11-12/h2-11,19H,1H3. The summed E-state index contributed by atoms with van der Waals surface area (Å²) in [5.74, 6) is 0.773. The molecule has 3 aromatic rings. The van der Waals surface area contributed by atoms with Crippen molar-refractivity contribution in [2.75, 3.05) is 7.11 Å². The summed E-state index contributed by atoms with van der Waals surface area (Å²) < 4.78 is 5.36. The highest BCUT2D eigenvalue weighted by Gasteiger charge is 2.14. The quantitative estimate of drug-likeness (QED) is 0.728. The molecular formula is C18H14O3S. The van der Waals surface area contributed by atoms with Crippen LogP contribution in [0.5, 0.6) is 11.5 Å². The number of methoxy groups -OCH3 is 1. The Morgan fingerprint density at radius 3 is 2.64 bits per heavy atom. The van der Waals surface area contributed by atoms with Gasteiger partial charge >= 0.3 is 0 Å². The Kier molecular flexibility index (Phi) is 3.94. The second-order valence-electron chi connectivity index (χ2n) is 4.74. The molecule has 0 radical (unpaired) electrons. The number of ether oxygens (including phenoxy) is 1. The topological polar surface area (TPSA) is 46.5 Å². The molecule has 3 rings (SSSR count). The fraction of sp³-hybridized carbons (Fsp3) is 0.0556. The van der Waals surface area contributed by atoms with Crippen molar-refractivity contribution in [1.82, 2.24) is 0 Å². The van der Waals surface area contributed by atoms with Crippen LogP contribution in [0.1, 0.15) is 15.2 Å². The zero-order valence-electron chi connectivity index (χ0n) is 11.9.